The smallest absolute Gasteiger partial charge is 0.406 e. The number of alkyl halides is 3. The van der Waals surface area contributed by atoms with Crippen LogP contribution in [-0.2, 0) is 0 Å². The molecule has 0 aliphatic carbocycles. The molecule has 0 fully saturated rings. The van der Waals surface area contributed by atoms with Gasteiger partial charge in [-0.05, 0) is 55.0 Å². The zero-order valence-corrected chi connectivity index (χ0v) is 14.7. The Morgan fingerprint density at radius 1 is 1.00 bits per heavy atom. The fourth-order valence-electron chi connectivity index (χ4n) is 2.47. The number of benzene rings is 2. The number of pyridine rings is 1. The SMILES string of the molecule is Cc1ccccc1Nc1ncccc1C(=O)Nc1ccc(OC(F)(F)F)cc1. The van der Waals surface area contributed by atoms with E-state index in [4.69, 9.17) is 0 Å². The van der Waals surface area contributed by atoms with Crippen LogP contribution in [0.3, 0.4) is 0 Å². The van der Waals surface area contributed by atoms with Crippen molar-refractivity contribution in [2.24, 2.45) is 0 Å². The molecule has 0 atom stereocenters. The summed E-state index contributed by atoms with van der Waals surface area (Å²) in [7, 11) is 0. The summed E-state index contributed by atoms with van der Waals surface area (Å²) in [4.78, 5) is 16.8. The van der Waals surface area contributed by atoms with Gasteiger partial charge in [0.2, 0.25) is 0 Å². The van der Waals surface area contributed by atoms with E-state index in [0.717, 1.165) is 23.4 Å². The zero-order valence-electron chi connectivity index (χ0n) is 14.7. The average molecular weight is 387 g/mol. The van der Waals surface area contributed by atoms with Crippen LogP contribution in [0.5, 0.6) is 5.75 Å². The highest BCUT2D eigenvalue weighted by Gasteiger charge is 2.31. The van der Waals surface area contributed by atoms with Crippen molar-refractivity contribution in [2.45, 2.75) is 13.3 Å². The maximum absolute atomic E-state index is 12.6. The molecule has 0 spiro atoms. The van der Waals surface area contributed by atoms with Crippen LogP contribution < -0.4 is 15.4 Å². The third-order valence-electron chi connectivity index (χ3n) is 3.80. The van der Waals surface area contributed by atoms with E-state index in [0.29, 0.717) is 17.1 Å². The molecule has 8 heteroatoms. The third kappa shape index (κ3) is 5.00. The van der Waals surface area contributed by atoms with Gasteiger partial charge in [-0.3, -0.25) is 4.79 Å². The number of halogens is 3. The van der Waals surface area contributed by atoms with Crippen LogP contribution in [0.4, 0.5) is 30.4 Å². The number of aromatic nitrogens is 1. The number of nitrogens with one attached hydrogen (secondary N) is 2. The Labute approximate surface area is 159 Å². The monoisotopic (exact) mass is 387 g/mol. The number of hydrogen-bond donors (Lipinski definition) is 2. The second kappa shape index (κ2) is 7.99. The van der Waals surface area contributed by atoms with Gasteiger partial charge >= 0.3 is 6.36 Å². The van der Waals surface area contributed by atoms with Gasteiger partial charge in [-0.15, -0.1) is 13.2 Å². The molecule has 0 saturated carbocycles. The van der Waals surface area contributed by atoms with Crippen molar-refractivity contribution < 1.29 is 22.7 Å². The lowest BCUT2D eigenvalue weighted by atomic mass is 10.2. The summed E-state index contributed by atoms with van der Waals surface area (Å²) in [5.41, 5.74) is 2.41. The molecule has 0 aliphatic rings. The van der Waals surface area contributed by atoms with Gasteiger partial charge < -0.3 is 15.4 Å². The van der Waals surface area contributed by atoms with E-state index in [1.165, 1.54) is 12.1 Å². The predicted molar refractivity (Wildman–Crippen MR) is 99.8 cm³/mol. The number of carbonyl (C=O) groups is 1. The summed E-state index contributed by atoms with van der Waals surface area (Å²) < 4.78 is 40.5. The second-order valence-electron chi connectivity index (χ2n) is 5.87. The van der Waals surface area contributed by atoms with E-state index >= 15 is 0 Å². The number of anilines is 3. The molecule has 144 valence electrons. The molecule has 0 unspecified atom stereocenters. The molecule has 2 N–H and O–H groups in total. The molecular weight excluding hydrogens is 371 g/mol. The van der Waals surface area contributed by atoms with Gasteiger partial charge in [0, 0.05) is 17.6 Å². The molecule has 5 nitrogen and oxygen atoms in total. The van der Waals surface area contributed by atoms with Gasteiger partial charge in [0.25, 0.3) is 5.91 Å². The van der Waals surface area contributed by atoms with Crippen LogP contribution in [0.2, 0.25) is 0 Å². The van der Waals surface area contributed by atoms with Crippen LogP contribution in [0, 0.1) is 6.92 Å². The third-order valence-corrected chi connectivity index (χ3v) is 3.80. The fourth-order valence-corrected chi connectivity index (χ4v) is 2.47. The van der Waals surface area contributed by atoms with Crippen LogP contribution in [0.1, 0.15) is 15.9 Å². The first-order valence-corrected chi connectivity index (χ1v) is 8.27. The minimum absolute atomic E-state index is 0.293. The maximum Gasteiger partial charge on any atom is 0.573 e. The quantitative estimate of drug-likeness (QED) is 0.625. The van der Waals surface area contributed by atoms with E-state index in [9.17, 15) is 18.0 Å². The van der Waals surface area contributed by atoms with E-state index in [1.807, 2.05) is 31.2 Å². The number of aryl methyl sites for hydroxylation is 1. The fraction of sp³-hybridized carbons (Fsp3) is 0.100. The Morgan fingerprint density at radius 3 is 2.39 bits per heavy atom. The molecule has 28 heavy (non-hydrogen) atoms. The van der Waals surface area contributed by atoms with E-state index < -0.39 is 12.3 Å². The van der Waals surface area contributed by atoms with Gasteiger partial charge in [0.1, 0.15) is 11.6 Å². The van der Waals surface area contributed by atoms with Crippen molar-refractivity contribution in [3.63, 3.8) is 0 Å². The summed E-state index contributed by atoms with van der Waals surface area (Å²) in [5, 5.41) is 5.76. The van der Waals surface area contributed by atoms with Crippen LogP contribution >= 0.6 is 0 Å². The number of hydrogen-bond acceptors (Lipinski definition) is 4. The lowest BCUT2D eigenvalue weighted by molar-refractivity contribution is -0.274. The molecule has 3 rings (SSSR count). The first kappa shape index (κ1) is 19.2. The standard InChI is InChI=1S/C20H16F3N3O2/c1-13-5-2-3-7-17(13)26-18-16(6-4-12-24-18)19(27)25-14-8-10-15(11-9-14)28-20(21,22)23/h2-12H,1H3,(H,24,26)(H,25,27). The van der Waals surface area contributed by atoms with Crippen LogP contribution in [0.25, 0.3) is 0 Å². The predicted octanol–water partition coefficient (Wildman–Crippen LogP) is 5.28. The lowest BCUT2D eigenvalue weighted by Gasteiger charge is -2.13. The highest BCUT2D eigenvalue weighted by Crippen LogP contribution is 2.25. The topological polar surface area (TPSA) is 63.2 Å². The Balaban J connectivity index is 1.75. The van der Waals surface area contributed by atoms with Gasteiger partial charge in [0.15, 0.2) is 0 Å². The Bertz CT molecular complexity index is 973. The summed E-state index contributed by atoms with van der Waals surface area (Å²) >= 11 is 0. The number of rotatable bonds is 5. The summed E-state index contributed by atoms with van der Waals surface area (Å²) in [5.74, 6) is -0.450. The molecule has 1 amide bonds. The van der Waals surface area contributed by atoms with Crippen molar-refractivity contribution in [3.05, 3.63) is 78.0 Å². The average Bonchev–Trinajstić information content (AvgIpc) is 2.64. The number of nitrogens with zero attached hydrogens (tertiary/aromatic N) is 1. The highest BCUT2D eigenvalue weighted by atomic mass is 19.4. The normalized spacial score (nSPS) is 11.0. The molecule has 0 saturated heterocycles. The Morgan fingerprint density at radius 2 is 1.71 bits per heavy atom. The van der Waals surface area contributed by atoms with Crippen molar-refractivity contribution in [2.75, 3.05) is 10.6 Å². The van der Waals surface area contributed by atoms with Crippen molar-refractivity contribution >= 4 is 23.1 Å². The van der Waals surface area contributed by atoms with Crippen molar-refractivity contribution in [1.82, 2.24) is 4.98 Å². The molecule has 2 aromatic carbocycles. The number of amides is 1. The second-order valence-corrected chi connectivity index (χ2v) is 5.87. The van der Waals surface area contributed by atoms with Crippen molar-refractivity contribution in [1.29, 1.82) is 0 Å². The van der Waals surface area contributed by atoms with E-state index in [-0.39, 0.29) is 5.75 Å². The largest absolute Gasteiger partial charge is 0.573 e. The Hall–Kier alpha value is -3.55. The maximum atomic E-state index is 12.6. The molecular formula is C20H16F3N3O2. The van der Waals surface area contributed by atoms with E-state index in [1.54, 1.807) is 18.3 Å². The molecule has 1 heterocycles. The van der Waals surface area contributed by atoms with Gasteiger partial charge in [-0.25, -0.2) is 4.98 Å². The highest BCUT2D eigenvalue weighted by molar-refractivity contribution is 6.07. The van der Waals surface area contributed by atoms with Gasteiger partial charge in [-0.2, -0.15) is 0 Å². The minimum Gasteiger partial charge on any atom is -0.406 e. The first-order chi connectivity index (χ1) is 13.3. The van der Waals surface area contributed by atoms with Gasteiger partial charge in [-0.1, -0.05) is 18.2 Å². The molecule has 3 aromatic rings. The summed E-state index contributed by atoms with van der Waals surface area (Å²) in [6.07, 6.45) is -3.21. The molecule has 1 aromatic heterocycles. The minimum atomic E-state index is -4.77. The lowest BCUT2D eigenvalue weighted by Crippen LogP contribution is -2.17. The summed E-state index contributed by atoms with van der Waals surface area (Å²) in [6.45, 7) is 1.93. The van der Waals surface area contributed by atoms with Crippen LogP contribution in [-0.4, -0.2) is 17.3 Å². The molecule has 0 radical (unpaired) electrons. The zero-order chi connectivity index (χ0) is 20.1. The Kier molecular flexibility index (Phi) is 5.49. The number of para-hydroxylation sites is 1. The molecule has 0 bridgehead atoms. The van der Waals surface area contributed by atoms with Crippen molar-refractivity contribution in [3.8, 4) is 5.75 Å². The number of carbonyl (C=O) groups excluding carboxylic acids is 1. The van der Waals surface area contributed by atoms with E-state index in [2.05, 4.69) is 20.4 Å². The first-order valence-electron chi connectivity index (χ1n) is 8.27. The molecule has 0 aliphatic heterocycles. The number of ether oxygens (including phenoxy) is 1. The van der Waals surface area contributed by atoms with Crippen LogP contribution in [0.15, 0.2) is 66.9 Å². The van der Waals surface area contributed by atoms with Gasteiger partial charge in [0.05, 0.1) is 5.56 Å². The summed E-state index contributed by atoms with van der Waals surface area (Å²) in [6, 6.07) is 15.7.